The first kappa shape index (κ1) is 23.3. The minimum Gasteiger partial charge on any atom is -0.363 e. The van der Waals surface area contributed by atoms with Crippen molar-refractivity contribution in [3.63, 3.8) is 0 Å². The predicted octanol–water partition coefficient (Wildman–Crippen LogP) is 3.68. The van der Waals surface area contributed by atoms with E-state index in [1.807, 2.05) is 4.90 Å². The molecule has 1 aliphatic carbocycles. The Morgan fingerprint density at radius 3 is 2.48 bits per heavy atom. The van der Waals surface area contributed by atoms with Gasteiger partial charge in [-0.15, -0.1) is 0 Å². The van der Waals surface area contributed by atoms with Gasteiger partial charge >= 0.3 is 6.18 Å². The van der Waals surface area contributed by atoms with Crippen LogP contribution in [0.15, 0.2) is 18.2 Å². The molecule has 0 bridgehead atoms. The highest BCUT2D eigenvalue weighted by Gasteiger charge is 2.34. The quantitative estimate of drug-likeness (QED) is 0.556. The number of alkyl halides is 3. The van der Waals surface area contributed by atoms with Gasteiger partial charge in [0.05, 0.1) is 17.0 Å². The molecule has 2 aliphatic rings. The average Bonchev–Trinajstić information content (AvgIpc) is 2.71. The summed E-state index contributed by atoms with van der Waals surface area (Å²) in [6.45, 7) is 6.44. The van der Waals surface area contributed by atoms with E-state index < -0.39 is 22.4 Å². The number of hydrogen-bond acceptors (Lipinski definition) is 5. The first-order chi connectivity index (χ1) is 14.6. The van der Waals surface area contributed by atoms with Crippen LogP contribution in [-0.4, -0.2) is 54.5 Å². The molecule has 1 aromatic rings. The van der Waals surface area contributed by atoms with Crippen molar-refractivity contribution in [1.29, 1.82) is 0 Å². The van der Waals surface area contributed by atoms with Gasteiger partial charge in [0.15, 0.2) is 0 Å². The van der Waals surface area contributed by atoms with Gasteiger partial charge < -0.3 is 10.2 Å². The van der Waals surface area contributed by atoms with E-state index in [4.69, 9.17) is 0 Å². The van der Waals surface area contributed by atoms with Crippen molar-refractivity contribution in [3.05, 3.63) is 33.9 Å². The first-order valence-electron chi connectivity index (χ1n) is 10.7. The fourth-order valence-electron chi connectivity index (χ4n) is 4.50. The number of nitrogens with zero attached hydrogens (tertiary/aromatic N) is 3. The van der Waals surface area contributed by atoms with Crippen LogP contribution in [0.5, 0.6) is 0 Å². The van der Waals surface area contributed by atoms with Crippen molar-refractivity contribution in [3.8, 4) is 0 Å². The third kappa shape index (κ3) is 5.66. The lowest BCUT2D eigenvalue weighted by Gasteiger charge is -2.37. The van der Waals surface area contributed by atoms with Crippen molar-refractivity contribution < 1.29 is 22.9 Å². The molecule has 31 heavy (non-hydrogen) atoms. The number of carbonyl (C=O) groups is 1. The number of amides is 1. The topological polar surface area (TPSA) is 78.7 Å². The summed E-state index contributed by atoms with van der Waals surface area (Å²) in [4.78, 5) is 26.7. The first-order valence-corrected chi connectivity index (χ1v) is 10.7. The third-order valence-electron chi connectivity index (χ3n) is 6.63. The predicted molar refractivity (Wildman–Crippen MR) is 111 cm³/mol. The fraction of sp³-hybridized carbons (Fsp3) is 0.667. The van der Waals surface area contributed by atoms with Gasteiger partial charge in [-0.3, -0.25) is 19.8 Å². The highest BCUT2D eigenvalue weighted by atomic mass is 19.4. The number of benzene rings is 1. The van der Waals surface area contributed by atoms with Gasteiger partial charge in [-0.05, 0) is 30.4 Å². The van der Waals surface area contributed by atoms with E-state index in [9.17, 15) is 28.1 Å². The van der Waals surface area contributed by atoms with Crippen molar-refractivity contribution in [2.45, 2.75) is 45.3 Å². The molecule has 1 saturated carbocycles. The number of nitro benzene ring substituents is 1. The number of rotatable bonds is 5. The van der Waals surface area contributed by atoms with Crippen molar-refractivity contribution in [1.82, 2.24) is 10.2 Å². The van der Waals surface area contributed by atoms with Crippen molar-refractivity contribution >= 4 is 17.3 Å². The summed E-state index contributed by atoms with van der Waals surface area (Å²) in [6, 6.07) is 2.80. The zero-order valence-corrected chi connectivity index (χ0v) is 17.8. The van der Waals surface area contributed by atoms with Crippen LogP contribution in [-0.2, 0) is 11.0 Å². The second kappa shape index (κ2) is 9.42. The van der Waals surface area contributed by atoms with Gasteiger partial charge in [-0.2, -0.15) is 13.2 Å². The molecule has 1 heterocycles. The zero-order valence-electron chi connectivity index (χ0n) is 17.8. The van der Waals surface area contributed by atoms with Gasteiger partial charge in [-0.1, -0.05) is 26.7 Å². The normalized spacial score (nSPS) is 25.3. The summed E-state index contributed by atoms with van der Waals surface area (Å²) in [6.07, 6.45) is -1.35. The summed E-state index contributed by atoms with van der Waals surface area (Å²) in [5.74, 6) is 0.997. The largest absolute Gasteiger partial charge is 0.416 e. The summed E-state index contributed by atoms with van der Waals surface area (Å²) < 4.78 is 38.7. The van der Waals surface area contributed by atoms with E-state index in [1.54, 1.807) is 4.90 Å². The van der Waals surface area contributed by atoms with Crippen LogP contribution in [0.2, 0.25) is 0 Å². The minimum absolute atomic E-state index is 0.0279. The molecule has 0 aromatic heterocycles. The van der Waals surface area contributed by atoms with Crippen LogP contribution in [0.1, 0.15) is 38.7 Å². The standard InChI is InChI=1S/C21H29F3N4O3/c1-14-4-3-5-17(15(14)2)25-20(29)13-26-8-10-27(11-9-26)18-7-6-16(21(22,23)24)12-19(18)28(30)31/h6-7,12,14-15,17H,3-5,8-11,13H2,1-2H3,(H,25,29). The van der Waals surface area contributed by atoms with Gasteiger partial charge in [0, 0.05) is 38.3 Å². The number of piperazine rings is 1. The molecule has 1 amide bonds. The van der Waals surface area contributed by atoms with Gasteiger partial charge in [0.2, 0.25) is 5.91 Å². The summed E-state index contributed by atoms with van der Waals surface area (Å²) in [5.41, 5.74) is -1.42. The Balaban J connectivity index is 1.57. The van der Waals surface area contributed by atoms with E-state index in [2.05, 4.69) is 19.2 Å². The molecule has 172 valence electrons. The van der Waals surface area contributed by atoms with Crippen LogP contribution in [0.3, 0.4) is 0 Å². The van der Waals surface area contributed by atoms with E-state index in [0.717, 1.165) is 25.0 Å². The summed E-state index contributed by atoms with van der Waals surface area (Å²) in [5, 5.41) is 14.5. The molecular formula is C21H29F3N4O3. The van der Waals surface area contributed by atoms with E-state index in [0.29, 0.717) is 44.1 Å². The monoisotopic (exact) mass is 442 g/mol. The molecule has 3 atom stereocenters. The average molecular weight is 442 g/mol. The van der Waals surface area contributed by atoms with Crippen LogP contribution >= 0.6 is 0 Å². The second-order valence-corrected chi connectivity index (χ2v) is 8.66. The molecule has 1 N–H and O–H groups in total. The molecule has 1 saturated heterocycles. The molecule has 7 nitrogen and oxygen atoms in total. The molecule has 3 unspecified atom stereocenters. The number of halogens is 3. The Bertz CT molecular complexity index is 810. The van der Waals surface area contributed by atoms with Crippen LogP contribution in [0, 0.1) is 22.0 Å². The van der Waals surface area contributed by atoms with Gasteiger partial charge in [0.25, 0.3) is 5.69 Å². The Morgan fingerprint density at radius 2 is 1.87 bits per heavy atom. The SMILES string of the molecule is CC1CCCC(NC(=O)CN2CCN(c3ccc(C(F)(F)F)cc3[N+](=O)[O-])CC2)C1C. The molecule has 0 spiro atoms. The lowest BCUT2D eigenvalue weighted by atomic mass is 9.78. The highest BCUT2D eigenvalue weighted by molar-refractivity contribution is 5.78. The fourth-order valence-corrected chi connectivity index (χ4v) is 4.50. The van der Waals surface area contributed by atoms with Crippen molar-refractivity contribution in [2.75, 3.05) is 37.6 Å². The maximum absolute atomic E-state index is 12.9. The molecular weight excluding hydrogens is 413 g/mol. The lowest BCUT2D eigenvalue weighted by Crippen LogP contribution is -2.52. The number of anilines is 1. The third-order valence-corrected chi connectivity index (χ3v) is 6.63. The Kier molecular flexibility index (Phi) is 7.08. The number of carbonyl (C=O) groups excluding carboxylic acids is 1. The van der Waals surface area contributed by atoms with Crippen LogP contribution < -0.4 is 10.2 Å². The lowest BCUT2D eigenvalue weighted by molar-refractivity contribution is -0.384. The molecule has 3 rings (SSSR count). The second-order valence-electron chi connectivity index (χ2n) is 8.66. The van der Waals surface area contributed by atoms with Gasteiger partial charge in [-0.25, -0.2) is 0 Å². The van der Waals surface area contributed by atoms with E-state index in [-0.39, 0.29) is 24.2 Å². The van der Waals surface area contributed by atoms with Gasteiger partial charge in [0.1, 0.15) is 5.69 Å². The Morgan fingerprint density at radius 1 is 1.19 bits per heavy atom. The van der Waals surface area contributed by atoms with Crippen LogP contribution in [0.4, 0.5) is 24.5 Å². The maximum atomic E-state index is 12.9. The van der Waals surface area contributed by atoms with Crippen molar-refractivity contribution in [2.24, 2.45) is 11.8 Å². The molecule has 2 fully saturated rings. The summed E-state index contributed by atoms with van der Waals surface area (Å²) in [7, 11) is 0. The zero-order chi connectivity index (χ0) is 22.8. The Hall–Kier alpha value is -2.36. The number of nitro groups is 1. The molecule has 0 radical (unpaired) electrons. The molecule has 10 heteroatoms. The molecule has 1 aromatic carbocycles. The Labute approximate surface area is 179 Å². The molecule has 1 aliphatic heterocycles. The smallest absolute Gasteiger partial charge is 0.363 e. The number of hydrogen-bond donors (Lipinski definition) is 1. The van der Waals surface area contributed by atoms with E-state index >= 15 is 0 Å². The maximum Gasteiger partial charge on any atom is 0.416 e. The number of nitrogens with one attached hydrogen (secondary N) is 1. The van der Waals surface area contributed by atoms with Crippen LogP contribution in [0.25, 0.3) is 0 Å². The summed E-state index contributed by atoms with van der Waals surface area (Å²) >= 11 is 0. The minimum atomic E-state index is -4.64. The van der Waals surface area contributed by atoms with E-state index in [1.165, 1.54) is 6.42 Å². The highest BCUT2D eigenvalue weighted by Crippen LogP contribution is 2.36.